The van der Waals surface area contributed by atoms with Crippen molar-refractivity contribution in [2.45, 2.75) is 29.4 Å². The van der Waals surface area contributed by atoms with E-state index in [4.69, 9.17) is 4.55 Å². The van der Waals surface area contributed by atoms with Crippen molar-refractivity contribution < 1.29 is 56.9 Å². The van der Waals surface area contributed by atoms with Gasteiger partial charge in [0.1, 0.15) is 0 Å². The molecule has 0 bridgehead atoms. The van der Waals surface area contributed by atoms with Crippen LogP contribution in [0, 0.1) is 0 Å². The summed E-state index contributed by atoms with van der Waals surface area (Å²) in [7, 11) is -7.31. The fraction of sp³-hybridized carbons (Fsp3) is 1.00. The largest absolute Gasteiger partial charge is 0.460 e. The number of halogens is 10. The molecule has 0 rings (SSSR count). The van der Waals surface area contributed by atoms with Gasteiger partial charge in [-0.2, -0.15) is 39.2 Å². The minimum Gasteiger partial charge on any atom is -0.283 e. The summed E-state index contributed by atoms with van der Waals surface area (Å²) < 4.78 is 149. The van der Waals surface area contributed by atoms with Crippen LogP contribution >= 0.6 is 0 Å². The molecule has 0 aliphatic heterocycles. The smallest absolute Gasteiger partial charge is 0.283 e. The predicted octanol–water partition coefficient (Wildman–Crippen LogP) is 2.64. The highest BCUT2D eigenvalue weighted by atomic mass is 32.2. The molecule has 19 heavy (non-hydrogen) atoms. The Morgan fingerprint density at radius 3 is 1.26 bits per heavy atom. The second kappa shape index (κ2) is 4.36. The van der Waals surface area contributed by atoms with Crippen LogP contribution in [0.5, 0.6) is 0 Å². The highest BCUT2D eigenvalue weighted by Crippen LogP contribution is 2.55. The zero-order valence-electron chi connectivity index (χ0n) is 8.03. The van der Waals surface area contributed by atoms with E-state index in [1.807, 2.05) is 0 Å². The molecule has 0 saturated carbocycles. The molecule has 0 saturated heterocycles. The quantitative estimate of drug-likeness (QED) is 0.636. The third-order valence-electron chi connectivity index (χ3n) is 1.83. The number of hydrogen-bond acceptors (Lipinski definition) is 2. The van der Waals surface area contributed by atoms with Gasteiger partial charge in [-0.1, -0.05) is 0 Å². The standard InChI is InChI=1S/C5H2F10O3S/c6-1(7)2(8,19(16,17)18)3(9,10)4(11,12)5(13,14)15/h1H,(H,16,17,18). The summed E-state index contributed by atoms with van der Waals surface area (Å²) >= 11 is 0. The maximum Gasteiger partial charge on any atom is 0.460 e. The lowest BCUT2D eigenvalue weighted by Crippen LogP contribution is -2.67. The molecule has 0 aliphatic rings. The van der Waals surface area contributed by atoms with E-state index >= 15 is 0 Å². The highest BCUT2D eigenvalue weighted by Gasteiger charge is 2.86. The highest BCUT2D eigenvalue weighted by molar-refractivity contribution is 7.87. The Balaban J connectivity index is 6.30. The lowest BCUT2D eigenvalue weighted by molar-refractivity contribution is -0.377. The van der Waals surface area contributed by atoms with E-state index < -0.39 is 39.6 Å². The number of hydrogen-bond donors (Lipinski definition) is 1. The van der Waals surface area contributed by atoms with Crippen molar-refractivity contribution in [3.8, 4) is 0 Å². The first-order valence-corrected chi connectivity index (χ1v) is 5.15. The lowest BCUT2D eigenvalue weighted by Gasteiger charge is -2.35. The molecule has 1 unspecified atom stereocenters. The summed E-state index contributed by atoms with van der Waals surface area (Å²) in [6.07, 6.45) is -12.8. The maximum atomic E-state index is 12.9. The van der Waals surface area contributed by atoms with Gasteiger partial charge in [-0.25, -0.2) is 13.2 Å². The van der Waals surface area contributed by atoms with Crippen LogP contribution in [-0.4, -0.2) is 42.4 Å². The van der Waals surface area contributed by atoms with Crippen molar-refractivity contribution in [2.75, 3.05) is 0 Å². The second-order valence-corrected chi connectivity index (χ2v) is 4.61. The van der Waals surface area contributed by atoms with Crippen LogP contribution in [0.25, 0.3) is 0 Å². The van der Waals surface area contributed by atoms with Gasteiger partial charge in [0.2, 0.25) is 0 Å². The summed E-state index contributed by atoms with van der Waals surface area (Å²) in [5, 5.41) is -6.83. The van der Waals surface area contributed by atoms with Gasteiger partial charge in [0.25, 0.3) is 6.43 Å². The molecule has 0 aromatic heterocycles. The lowest BCUT2D eigenvalue weighted by atomic mass is 10.1. The van der Waals surface area contributed by atoms with Gasteiger partial charge in [0, 0.05) is 0 Å². The summed E-state index contributed by atoms with van der Waals surface area (Å²) in [6.45, 7) is 0. The molecule has 3 nitrogen and oxygen atoms in total. The van der Waals surface area contributed by atoms with E-state index in [9.17, 15) is 52.3 Å². The number of alkyl halides is 10. The molecule has 0 amide bonds. The second-order valence-electron chi connectivity index (χ2n) is 3.07. The maximum absolute atomic E-state index is 12.9. The first-order valence-electron chi connectivity index (χ1n) is 3.71. The zero-order valence-corrected chi connectivity index (χ0v) is 8.85. The Kier molecular flexibility index (Phi) is 4.18. The van der Waals surface area contributed by atoms with Crippen molar-refractivity contribution in [3.63, 3.8) is 0 Å². The zero-order chi connectivity index (χ0) is 16.1. The van der Waals surface area contributed by atoms with Gasteiger partial charge in [0.05, 0.1) is 0 Å². The molecule has 1 atom stereocenters. The van der Waals surface area contributed by atoms with Gasteiger partial charge in [-0.05, 0) is 0 Å². The van der Waals surface area contributed by atoms with Gasteiger partial charge < -0.3 is 0 Å². The van der Waals surface area contributed by atoms with Crippen LogP contribution in [0.4, 0.5) is 43.9 Å². The molecule has 0 heterocycles. The van der Waals surface area contributed by atoms with Crippen LogP contribution in [0.15, 0.2) is 0 Å². The summed E-state index contributed by atoms with van der Waals surface area (Å²) in [5.74, 6) is -14.9. The predicted molar refractivity (Wildman–Crippen MR) is 37.3 cm³/mol. The number of rotatable bonds is 4. The van der Waals surface area contributed by atoms with Crippen molar-refractivity contribution in [2.24, 2.45) is 0 Å². The van der Waals surface area contributed by atoms with Gasteiger partial charge in [-0.3, -0.25) is 4.55 Å². The Bertz CT molecular complexity index is 439. The summed E-state index contributed by atoms with van der Waals surface area (Å²) in [4.78, 5) is 0. The summed E-state index contributed by atoms with van der Waals surface area (Å²) in [5.41, 5.74) is 0. The average Bonchev–Trinajstić information content (AvgIpc) is 2.11. The van der Waals surface area contributed by atoms with Crippen molar-refractivity contribution in [3.05, 3.63) is 0 Å². The minimum atomic E-state index is -7.47. The van der Waals surface area contributed by atoms with E-state index in [1.54, 1.807) is 0 Å². The monoisotopic (exact) mass is 332 g/mol. The van der Waals surface area contributed by atoms with Crippen LogP contribution < -0.4 is 0 Å². The van der Waals surface area contributed by atoms with E-state index in [0.717, 1.165) is 0 Å². The van der Waals surface area contributed by atoms with E-state index in [1.165, 1.54) is 0 Å². The molecule has 0 radical (unpaired) electrons. The molecule has 0 aromatic carbocycles. The molecule has 1 N–H and O–H groups in total. The molecule has 116 valence electrons. The van der Waals surface area contributed by atoms with Crippen molar-refractivity contribution in [1.29, 1.82) is 0 Å². The first-order chi connectivity index (χ1) is 7.94. The molecule has 0 fully saturated rings. The third-order valence-corrected chi connectivity index (χ3v) is 3.02. The molecular formula is C5H2F10O3S. The fourth-order valence-electron chi connectivity index (χ4n) is 0.804. The van der Waals surface area contributed by atoms with Crippen LogP contribution in [-0.2, 0) is 10.1 Å². The molecular weight excluding hydrogens is 330 g/mol. The van der Waals surface area contributed by atoms with Crippen molar-refractivity contribution >= 4 is 10.1 Å². The van der Waals surface area contributed by atoms with Crippen LogP contribution in [0.3, 0.4) is 0 Å². The van der Waals surface area contributed by atoms with Gasteiger partial charge in [-0.15, -0.1) is 0 Å². The van der Waals surface area contributed by atoms with E-state index in [0.29, 0.717) is 0 Å². The van der Waals surface area contributed by atoms with Crippen LogP contribution in [0.2, 0.25) is 0 Å². The molecule has 14 heteroatoms. The normalized spacial score (nSPS) is 18.5. The molecule has 0 aromatic rings. The van der Waals surface area contributed by atoms with Gasteiger partial charge in [0.15, 0.2) is 0 Å². The Morgan fingerprint density at radius 1 is 0.789 bits per heavy atom. The van der Waals surface area contributed by atoms with E-state index in [2.05, 4.69) is 0 Å². The molecule has 0 spiro atoms. The third kappa shape index (κ3) is 2.34. The Morgan fingerprint density at radius 2 is 1.11 bits per heavy atom. The van der Waals surface area contributed by atoms with Crippen molar-refractivity contribution in [1.82, 2.24) is 0 Å². The summed E-state index contributed by atoms with van der Waals surface area (Å²) in [6, 6.07) is 0. The Labute approximate surface area is 97.5 Å². The molecule has 0 aliphatic carbocycles. The average molecular weight is 332 g/mol. The SMILES string of the molecule is O=S(=O)(O)C(F)(C(F)F)C(F)(F)C(F)(F)C(F)(F)F. The van der Waals surface area contributed by atoms with E-state index in [-0.39, 0.29) is 0 Å². The fourth-order valence-corrected chi connectivity index (χ4v) is 1.48. The minimum absolute atomic E-state index is 5.58. The van der Waals surface area contributed by atoms with Crippen LogP contribution in [0.1, 0.15) is 0 Å². The Hall–Kier alpha value is -0.790. The first kappa shape index (κ1) is 18.2. The van der Waals surface area contributed by atoms with Gasteiger partial charge >= 0.3 is 33.1 Å². The topological polar surface area (TPSA) is 54.4 Å².